The second kappa shape index (κ2) is 6.91. The van der Waals surface area contributed by atoms with Crippen molar-refractivity contribution in [3.63, 3.8) is 0 Å². The first-order chi connectivity index (χ1) is 11.6. The molecule has 0 unspecified atom stereocenters. The number of rotatable bonds is 4. The highest BCUT2D eigenvalue weighted by atomic mass is 16.5. The van der Waals surface area contributed by atoms with E-state index < -0.39 is 0 Å². The monoisotopic (exact) mass is 326 g/mol. The van der Waals surface area contributed by atoms with E-state index in [0.29, 0.717) is 13.0 Å². The molecule has 2 atom stereocenters. The number of benzene rings is 1. The summed E-state index contributed by atoms with van der Waals surface area (Å²) in [4.78, 5) is 18.7. The molecule has 126 valence electrons. The van der Waals surface area contributed by atoms with E-state index in [1.54, 1.807) is 24.4 Å². The Morgan fingerprint density at radius 3 is 2.79 bits per heavy atom. The molecular weight excluding hydrogens is 304 g/mol. The molecule has 0 bridgehead atoms. The fourth-order valence-corrected chi connectivity index (χ4v) is 2.98. The molecule has 0 aliphatic carbocycles. The SMILES string of the molecule is COc1ccc2c(c1)OC[C@@H](C(=O)N(C)[C@@H](C)c1ccncc1)C2. The summed E-state index contributed by atoms with van der Waals surface area (Å²) in [5, 5.41) is 0. The Hall–Kier alpha value is -2.56. The molecule has 2 aromatic rings. The van der Waals surface area contributed by atoms with Crippen LogP contribution in [0.4, 0.5) is 0 Å². The first kappa shape index (κ1) is 16.3. The summed E-state index contributed by atoms with van der Waals surface area (Å²) in [7, 11) is 3.48. The summed E-state index contributed by atoms with van der Waals surface area (Å²) in [6.45, 7) is 2.42. The minimum atomic E-state index is -0.166. The Kier molecular flexibility index (Phi) is 4.69. The summed E-state index contributed by atoms with van der Waals surface area (Å²) in [6, 6.07) is 9.62. The van der Waals surface area contributed by atoms with Gasteiger partial charge in [-0.05, 0) is 42.7 Å². The Labute approximate surface area is 142 Å². The molecule has 1 amide bonds. The van der Waals surface area contributed by atoms with Crippen molar-refractivity contribution in [1.82, 2.24) is 9.88 Å². The normalized spacial score (nSPS) is 17.4. The van der Waals surface area contributed by atoms with Crippen LogP contribution in [-0.4, -0.2) is 36.6 Å². The van der Waals surface area contributed by atoms with Gasteiger partial charge in [0.2, 0.25) is 5.91 Å². The van der Waals surface area contributed by atoms with E-state index in [-0.39, 0.29) is 17.9 Å². The highest BCUT2D eigenvalue weighted by Crippen LogP contribution is 2.32. The van der Waals surface area contributed by atoms with Crippen LogP contribution >= 0.6 is 0 Å². The van der Waals surface area contributed by atoms with E-state index in [0.717, 1.165) is 22.6 Å². The molecular formula is C19H22N2O3. The van der Waals surface area contributed by atoms with Gasteiger partial charge in [0.1, 0.15) is 18.1 Å². The smallest absolute Gasteiger partial charge is 0.229 e. The van der Waals surface area contributed by atoms with Gasteiger partial charge in [-0.2, -0.15) is 0 Å². The summed E-state index contributed by atoms with van der Waals surface area (Å²) < 4.78 is 11.0. The molecule has 0 N–H and O–H groups in total. The maximum atomic E-state index is 12.9. The molecule has 5 heteroatoms. The first-order valence-corrected chi connectivity index (χ1v) is 8.06. The number of nitrogens with zero attached hydrogens (tertiary/aromatic N) is 2. The number of fused-ring (bicyclic) bond motifs is 1. The van der Waals surface area contributed by atoms with Crippen LogP contribution < -0.4 is 9.47 Å². The number of carbonyl (C=O) groups is 1. The zero-order valence-electron chi connectivity index (χ0n) is 14.2. The van der Waals surface area contributed by atoms with Gasteiger partial charge in [0.15, 0.2) is 0 Å². The van der Waals surface area contributed by atoms with Crippen molar-refractivity contribution >= 4 is 5.91 Å². The zero-order chi connectivity index (χ0) is 17.1. The van der Waals surface area contributed by atoms with Crippen molar-refractivity contribution in [2.45, 2.75) is 19.4 Å². The van der Waals surface area contributed by atoms with Gasteiger partial charge in [0.25, 0.3) is 0 Å². The predicted octanol–water partition coefficient (Wildman–Crippen LogP) is 2.86. The molecule has 3 rings (SSSR count). The third-order valence-corrected chi connectivity index (χ3v) is 4.65. The van der Waals surface area contributed by atoms with E-state index in [9.17, 15) is 4.79 Å². The van der Waals surface area contributed by atoms with Crippen molar-refractivity contribution in [3.05, 3.63) is 53.9 Å². The molecule has 24 heavy (non-hydrogen) atoms. The lowest BCUT2D eigenvalue weighted by Gasteiger charge is -2.31. The van der Waals surface area contributed by atoms with Crippen LogP contribution in [0.3, 0.4) is 0 Å². The van der Waals surface area contributed by atoms with Crippen LogP contribution in [0.1, 0.15) is 24.1 Å². The molecule has 0 spiro atoms. The summed E-state index contributed by atoms with van der Waals surface area (Å²) >= 11 is 0. The molecule has 0 radical (unpaired) electrons. The molecule has 0 saturated carbocycles. The van der Waals surface area contributed by atoms with Gasteiger partial charge >= 0.3 is 0 Å². The van der Waals surface area contributed by atoms with Gasteiger partial charge in [-0.1, -0.05) is 6.07 Å². The lowest BCUT2D eigenvalue weighted by molar-refractivity contribution is -0.137. The van der Waals surface area contributed by atoms with Crippen molar-refractivity contribution in [1.29, 1.82) is 0 Å². The Morgan fingerprint density at radius 2 is 2.08 bits per heavy atom. The van der Waals surface area contributed by atoms with E-state index >= 15 is 0 Å². The van der Waals surface area contributed by atoms with E-state index in [4.69, 9.17) is 9.47 Å². The third-order valence-electron chi connectivity index (χ3n) is 4.65. The Bertz CT molecular complexity index is 718. The first-order valence-electron chi connectivity index (χ1n) is 8.06. The van der Waals surface area contributed by atoms with Crippen molar-refractivity contribution < 1.29 is 14.3 Å². The van der Waals surface area contributed by atoms with Crippen LogP contribution in [0.15, 0.2) is 42.7 Å². The number of methoxy groups -OCH3 is 1. The average molecular weight is 326 g/mol. The van der Waals surface area contributed by atoms with Crippen LogP contribution in [0.2, 0.25) is 0 Å². The molecule has 1 aliphatic heterocycles. The third kappa shape index (κ3) is 3.20. The van der Waals surface area contributed by atoms with Crippen molar-refractivity contribution in [2.75, 3.05) is 20.8 Å². The number of amides is 1. The molecule has 2 heterocycles. The van der Waals surface area contributed by atoms with Crippen LogP contribution in [0.5, 0.6) is 11.5 Å². The summed E-state index contributed by atoms with van der Waals surface area (Å²) in [6.07, 6.45) is 4.18. The van der Waals surface area contributed by atoms with Gasteiger partial charge < -0.3 is 14.4 Å². The number of hydrogen-bond donors (Lipinski definition) is 0. The topological polar surface area (TPSA) is 51.7 Å². The largest absolute Gasteiger partial charge is 0.497 e. The molecule has 1 aromatic carbocycles. The molecule has 0 fully saturated rings. The maximum absolute atomic E-state index is 12.9. The minimum Gasteiger partial charge on any atom is -0.497 e. The van der Waals surface area contributed by atoms with E-state index in [2.05, 4.69) is 4.98 Å². The Morgan fingerprint density at radius 1 is 1.33 bits per heavy atom. The van der Waals surface area contributed by atoms with Gasteiger partial charge in [0.05, 0.1) is 19.1 Å². The molecule has 5 nitrogen and oxygen atoms in total. The average Bonchev–Trinajstić information content (AvgIpc) is 2.66. The van der Waals surface area contributed by atoms with Crippen LogP contribution in [0, 0.1) is 5.92 Å². The highest BCUT2D eigenvalue weighted by Gasteiger charge is 2.30. The number of pyridine rings is 1. The van der Waals surface area contributed by atoms with Crippen molar-refractivity contribution in [3.8, 4) is 11.5 Å². The standard InChI is InChI=1S/C19H22N2O3/c1-13(14-6-8-20-9-7-14)21(2)19(22)16-10-15-4-5-17(23-3)11-18(15)24-12-16/h4-9,11,13,16H,10,12H2,1-3H3/t13-,16-/m0/s1. The quantitative estimate of drug-likeness (QED) is 0.867. The minimum absolute atomic E-state index is 0.00207. The van der Waals surface area contributed by atoms with Crippen LogP contribution in [0.25, 0.3) is 0 Å². The predicted molar refractivity (Wildman–Crippen MR) is 91.1 cm³/mol. The fourth-order valence-electron chi connectivity index (χ4n) is 2.98. The molecule has 1 aromatic heterocycles. The van der Waals surface area contributed by atoms with E-state index in [1.807, 2.05) is 44.3 Å². The van der Waals surface area contributed by atoms with Gasteiger partial charge in [0, 0.05) is 25.5 Å². The summed E-state index contributed by atoms with van der Waals surface area (Å²) in [5.74, 6) is 1.51. The number of aromatic nitrogens is 1. The fraction of sp³-hybridized carbons (Fsp3) is 0.368. The number of ether oxygens (including phenoxy) is 2. The lowest BCUT2D eigenvalue weighted by Crippen LogP contribution is -2.39. The highest BCUT2D eigenvalue weighted by molar-refractivity contribution is 5.80. The summed E-state index contributed by atoms with van der Waals surface area (Å²) in [5.41, 5.74) is 2.12. The zero-order valence-corrected chi connectivity index (χ0v) is 14.2. The van der Waals surface area contributed by atoms with Gasteiger partial charge in [-0.25, -0.2) is 0 Å². The molecule has 1 aliphatic rings. The van der Waals surface area contributed by atoms with E-state index in [1.165, 1.54) is 0 Å². The lowest BCUT2D eigenvalue weighted by atomic mass is 9.94. The Balaban J connectivity index is 1.71. The second-order valence-corrected chi connectivity index (χ2v) is 6.09. The number of carbonyl (C=O) groups excluding carboxylic acids is 1. The van der Waals surface area contributed by atoms with Gasteiger partial charge in [-0.15, -0.1) is 0 Å². The van der Waals surface area contributed by atoms with Gasteiger partial charge in [-0.3, -0.25) is 9.78 Å². The maximum Gasteiger partial charge on any atom is 0.229 e. The van der Waals surface area contributed by atoms with Crippen molar-refractivity contribution in [2.24, 2.45) is 5.92 Å². The van der Waals surface area contributed by atoms with Crippen LogP contribution in [-0.2, 0) is 11.2 Å². The number of hydrogen-bond acceptors (Lipinski definition) is 4. The second-order valence-electron chi connectivity index (χ2n) is 6.09. The molecule has 0 saturated heterocycles.